The van der Waals surface area contributed by atoms with Crippen molar-refractivity contribution in [2.45, 2.75) is 0 Å². The molecule has 2 heteroatoms. The van der Waals surface area contributed by atoms with Crippen molar-refractivity contribution in [3.8, 4) is 33.4 Å². The molecular formula is C50H33NS. The quantitative estimate of drug-likeness (QED) is 0.169. The molecule has 0 aliphatic rings. The second kappa shape index (κ2) is 12.7. The molecule has 1 nitrogen and oxygen atoms in total. The number of nitrogens with zero attached hydrogens (tertiary/aromatic N) is 1. The van der Waals surface area contributed by atoms with Crippen LogP contribution < -0.4 is 4.90 Å². The van der Waals surface area contributed by atoms with Crippen LogP contribution >= 0.6 is 11.3 Å². The number of thiophene rings is 1. The van der Waals surface area contributed by atoms with Gasteiger partial charge >= 0.3 is 0 Å². The molecule has 0 bridgehead atoms. The Morgan fingerprint density at radius 3 is 1.65 bits per heavy atom. The van der Waals surface area contributed by atoms with Crippen molar-refractivity contribution in [1.29, 1.82) is 0 Å². The van der Waals surface area contributed by atoms with Gasteiger partial charge in [0.25, 0.3) is 0 Å². The summed E-state index contributed by atoms with van der Waals surface area (Å²) >= 11 is 1.88. The number of hydrogen-bond donors (Lipinski definition) is 0. The van der Waals surface area contributed by atoms with Crippen LogP contribution in [-0.4, -0.2) is 0 Å². The molecule has 10 aromatic rings. The molecule has 0 N–H and O–H groups in total. The van der Waals surface area contributed by atoms with Crippen molar-refractivity contribution in [2.75, 3.05) is 4.90 Å². The molecule has 0 atom stereocenters. The summed E-state index contributed by atoms with van der Waals surface area (Å²) in [5.41, 5.74) is 10.8. The number of fused-ring (bicyclic) bond motifs is 5. The second-order valence-electron chi connectivity index (χ2n) is 13.3. The van der Waals surface area contributed by atoms with E-state index in [-0.39, 0.29) is 0 Å². The first kappa shape index (κ1) is 30.4. The van der Waals surface area contributed by atoms with Crippen LogP contribution in [0.2, 0.25) is 0 Å². The fraction of sp³-hybridized carbons (Fsp3) is 0. The summed E-state index contributed by atoms with van der Waals surface area (Å²) in [4.78, 5) is 2.39. The molecule has 1 heterocycles. The predicted octanol–water partition coefficient (Wildman–Crippen LogP) is 14.8. The van der Waals surface area contributed by atoms with Gasteiger partial charge in [0.05, 0.1) is 5.69 Å². The number of rotatable bonds is 6. The van der Waals surface area contributed by atoms with Gasteiger partial charge in [0.1, 0.15) is 0 Å². The summed E-state index contributed by atoms with van der Waals surface area (Å²) in [5, 5.41) is 7.62. The average molecular weight is 680 g/mol. The van der Waals surface area contributed by atoms with E-state index in [1.54, 1.807) is 0 Å². The van der Waals surface area contributed by atoms with E-state index in [2.05, 4.69) is 205 Å². The molecule has 1 aromatic heterocycles. The highest BCUT2D eigenvalue weighted by molar-refractivity contribution is 7.26. The van der Waals surface area contributed by atoms with Gasteiger partial charge in [-0.15, -0.1) is 11.3 Å². The average Bonchev–Trinajstić information content (AvgIpc) is 3.61. The minimum Gasteiger partial charge on any atom is -0.310 e. The van der Waals surface area contributed by atoms with Crippen molar-refractivity contribution >= 4 is 70.1 Å². The molecule has 0 amide bonds. The highest BCUT2D eigenvalue weighted by Gasteiger charge is 2.17. The van der Waals surface area contributed by atoms with Crippen LogP contribution in [0.15, 0.2) is 200 Å². The lowest BCUT2D eigenvalue weighted by molar-refractivity contribution is 1.30. The number of anilines is 3. The van der Waals surface area contributed by atoms with Gasteiger partial charge in [-0.2, -0.15) is 0 Å². The Balaban J connectivity index is 1.05. The van der Waals surface area contributed by atoms with Gasteiger partial charge < -0.3 is 4.90 Å². The smallest absolute Gasteiger partial charge is 0.0540 e. The van der Waals surface area contributed by atoms with E-state index in [0.717, 1.165) is 17.1 Å². The SMILES string of the molecule is c1cc(-c2ccc(N(c3ccc(-c4cccc5c4sc4ccccc45)cc3)c3cccc4ccccc34)cc2)cc(-c2cccc3ccccc23)c1. The summed E-state index contributed by atoms with van der Waals surface area (Å²) in [5.74, 6) is 0. The third-order valence-corrected chi connectivity index (χ3v) is 11.5. The maximum Gasteiger partial charge on any atom is 0.0540 e. The van der Waals surface area contributed by atoms with Crippen LogP contribution in [-0.2, 0) is 0 Å². The Bertz CT molecular complexity index is 2890. The van der Waals surface area contributed by atoms with Crippen molar-refractivity contribution < 1.29 is 0 Å². The Morgan fingerprint density at radius 1 is 0.327 bits per heavy atom. The zero-order valence-corrected chi connectivity index (χ0v) is 29.2. The minimum atomic E-state index is 1.12. The molecule has 0 saturated heterocycles. The van der Waals surface area contributed by atoms with Crippen LogP contribution in [0, 0.1) is 0 Å². The van der Waals surface area contributed by atoms with Gasteiger partial charge in [-0.1, -0.05) is 158 Å². The van der Waals surface area contributed by atoms with E-state index in [1.165, 1.54) is 75.1 Å². The zero-order chi connectivity index (χ0) is 34.4. The van der Waals surface area contributed by atoms with Gasteiger partial charge in [0.15, 0.2) is 0 Å². The first-order valence-corrected chi connectivity index (χ1v) is 18.6. The Labute approximate surface area is 307 Å². The molecular weight excluding hydrogens is 647 g/mol. The summed E-state index contributed by atoms with van der Waals surface area (Å²) in [6, 6.07) is 72.9. The van der Waals surface area contributed by atoms with E-state index >= 15 is 0 Å². The maximum absolute atomic E-state index is 2.39. The molecule has 0 spiro atoms. The molecule has 0 aliphatic heterocycles. The number of hydrogen-bond acceptors (Lipinski definition) is 2. The molecule has 52 heavy (non-hydrogen) atoms. The highest BCUT2D eigenvalue weighted by atomic mass is 32.1. The monoisotopic (exact) mass is 679 g/mol. The standard InChI is InChI=1S/C50H33NS/c1-3-17-42-35(11-1)13-8-20-43(42)39-16-7-15-38(33-39)34-25-29-40(30-26-34)51(48-23-9-14-36-12-2-4-18-44(36)48)41-31-27-37(28-32-41)45-21-10-22-47-46-19-5-6-24-49(46)52-50(45)47/h1-33H. The molecule has 0 saturated carbocycles. The van der Waals surface area contributed by atoms with Crippen LogP contribution in [0.5, 0.6) is 0 Å². The first-order chi connectivity index (χ1) is 25.8. The lowest BCUT2D eigenvalue weighted by Crippen LogP contribution is -2.10. The molecule has 0 radical (unpaired) electrons. The minimum absolute atomic E-state index is 1.12. The maximum atomic E-state index is 2.39. The zero-order valence-electron chi connectivity index (χ0n) is 28.4. The fourth-order valence-corrected chi connectivity index (χ4v) is 8.98. The second-order valence-corrected chi connectivity index (χ2v) is 14.4. The normalized spacial score (nSPS) is 11.5. The third kappa shape index (κ3) is 5.24. The Kier molecular flexibility index (Phi) is 7.41. The van der Waals surface area contributed by atoms with Crippen molar-refractivity contribution in [2.24, 2.45) is 0 Å². The summed E-state index contributed by atoms with van der Waals surface area (Å²) in [6.07, 6.45) is 0. The first-order valence-electron chi connectivity index (χ1n) is 17.8. The molecule has 0 unspecified atom stereocenters. The van der Waals surface area contributed by atoms with Gasteiger partial charge in [0.2, 0.25) is 0 Å². The molecule has 0 aliphatic carbocycles. The fourth-order valence-electron chi connectivity index (χ4n) is 7.74. The van der Waals surface area contributed by atoms with Crippen molar-refractivity contribution in [3.05, 3.63) is 200 Å². The molecule has 0 fully saturated rings. The van der Waals surface area contributed by atoms with Gasteiger partial charge in [-0.25, -0.2) is 0 Å². The number of benzene rings is 9. The van der Waals surface area contributed by atoms with E-state index in [0.29, 0.717) is 0 Å². The molecule has 9 aromatic carbocycles. The topological polar surface area (TPSA) is 3.24 Å². The van der Waals surface area contributed by atoms with Gasteiger partial charge in [-0.3, -0.25) is 0 Å². The van der Waals surface area contributed by atoms with E-state index in [1.807, 2.05) is 11.3 Å². The molecule has 244 valence electrons. The largest absolute Gasteiger partial charge is 0.310 e. The lowest BCUT2D eigenvalue weighted by atomic mass is 9.95. The van der Waals surface area contributed by atoms with Crippen molar-refractivity contribution in [3.63, 3.8) is 0 Å². The van der Waals surface area contributed by atoms with Crippen LogP contribution in [0.3, 0.4) is 0 Å². The van der Waals surface area contributed by atoms with Gasteiger partial charge in [0, 0.05) is 36.9 Å². The molecule has 10 rings (SSSR count). The third-order valence-electron chi connectivity index (χ3n) is 10.3. The van der Waals surface area contributed by atoms with Crippen LogP contribution in [0.1, 0.15) is 0 Å². The Morgan fingerprint density at radius 2 is 0.865 bits per heavy atom. The van der Waals surface area contributed by atoms with Crippen LogP contribution in [0.4, 0.5) is 17.1 Å². The Hall–Kier alpha value is -6.48. The van der Waals surface area contributed by atoms with Gasteiger partial charge in [-0.05, 0) is 92.0 Å². The highest BCUT2D eigenvalue weighted by Crippen LogP contribution is 2.43. The van der Waals surface area contributed by atoms with Crippen LogP contribution in [0.25, 0.3) is 75.1 Å². The van der Waals surface area contributed by atoms with E-state index in [4.69, 9.17) is 0 Å². The summed E-state index contributed by atoms with van der Waals surface area (Å²) in [6.45, 7) is 0. The lowest BCUT2D eigenvalue weighted by Gasteiger charge is -2.27. The summed E-state index contributed by atoms with van der Waals surface area (Å²) in [7, 11) is 0. The summed E-state index contributed by atoms with van der Waals surface area (Å²) < 4.78 is 2.66. The van der Waals surface area contributed by atoms with E-state index < -0.39 is 0 Å². The van der Waals surface area contributed by atoms with Crippen molar-refractivity contribution in [1.82, 2.24) is 0 Å². The van der Waals surface area contributed by atoms with E-state index in [9.17, 15) is 0 Å². The predicted molar refractivity (Wildman–Crippen MR) is 225 cm³/mol.